The van der Waals surface area contributed by atoms with Crippen LogP contribution in [0.15, 0.2) is 24.3 Å². The maximum Gasteiger partial charge on any atom is 0.260 e. The molecule has 0 radical (unpaired) electrons. The summed E-state index contributed by atoms with van der Waals surface area (Å²) in [6.07, 6.45) is -0.588. The van der Waals surface area contributed by atoms with E-state index in [4.69, 9.17) is 4.74 Å². The third-order valence-corrected chi connectivity index (χ3v) is 2.40. The van der Waals surface area contributed by atoms with Gasteiger partial charge in [-0.05, 0) is 39.8 Å². The van der Waals surface area contributed by atoms with Crippen molar-refractivity contribution in [3.05, 3.63) is 29.8 Å². The lowest BCUT2D eigenvalue weighted by Gasteiger charge is -2.20. The molecule has 2 N–H and O–H groups in total. The molecular weight excluding hydrogens is 230 g/mol. The average molecular weight is 251 g/mol. The lowest BCUT2D eigenvalue weighted by Crippen LogP contribution is -2.43. The van der Waals surface area contributed by atoms with Crippen molar-refractivity contribution in [1.29, 1.82) is 0 Å². The Morgan fingerprint density at radius 2 is 1.94 bits per heavy atom. The Balaban J connectivity index is 2.47. The second-order valence-corrected chi connectivity index (χ2v) is 5.10. The summed E-state index contributed by atoms with van der Waals surface area (Å²) in [6.45, 7) is 7.15. The van der Waals surface area contributed by atoms with Crippen molar-refractivity contribution in [1.82, 2.24) is 5.32 Å². The van der Waals surface area contributed by atoms with Gasteiger partial charge in [0.25, 0.3) is 5.91 Å². The van der Waals surface area contributed by atoms with Crippen molar-refractivity contribution in [2.24, 2.45) is 0 Å². The maximum atomic E-state index is 11.7. The molecule has 0 saturated carbocycles. The number of hydrogen-bond acceptors (Lipinski definition) is 3. The highest BCUT2D eigenvalue weighted by molar-refractivity contribution is 5.80. The van der Waals surface area contributed by atoms with E-state index in [0.717, 1.165) is 5.56 Å². The number of aryl methyl sites for hydroxylation is 1. The van der Waals surface area contributed by atoms with Gasteiger partial charge in [-0.25, -0.2) is 0 Å². The molecule has 18 heavy (non-hydrogen) atoms. The Hall–Kier alpha value is -1.55. The van der Waals surface area contributed by atoms with E-state index < -0.39 is 11.7 Å². The van der Waals surface area contributed by atoms with Crippen LogP contribution >= 0.6 is 0 Å². The first-order valence-corrected chi connectivity index (χ1v) is 6.01. The first-order valence-electron chi connectivity index (χ1n) is 6.01. The molecule has 0 bridgehead atoms. The molecule has 1 rings (SSSR count). The van der Waals surface area contributed by atoms with Crippen LogP contribution in [0.4, 0.5) is 0 Å². The van der Waals surface area contributed by atoms with Crippen molar-refractivity contribution in [3.63, 3.8) is 0 Å². The highest BCUT2D eigenvalue weighted by Gasteiger charge is 2.18. The van der Waals surface area contributed by atoms with Crippen molar-refractivity contribution in [2.45, 2.75) is 39.4 Å². The highest BCUT2D eigenvalue weighted by Crippen LogP contribution is 2.13. The molecule has 1 aromatic rings. The summed E-state index contributed by atoms with van der Waals surface area (Å²) in [5.74, 6) is 0.421. The van der Waals surface area contributed by atoms with Crippen LogP contribution in [0.1, 0.15) is 26.3 Å². The van der Waals surface area contributed by atoms with Crippen LogP contribution < -0.4 is 10.1 Å². The molecule has 1 atom stereocenters. The van der Waals surface area contributed by atoms with Crippen LogP contribution in [0, 0.1) is 6.92 Å². The Bertz CT molecular complexity index is 392. The van der Waals surface area contributed by atoms with Gasteiger partial charge in [-0.3, -0.25) is 4.79 Å². The molecule has 0 saturated heterocycles. The Morgan fingerprint density at radius 1 is 1.39 bits per heavy atom. The first kappa shape index (κ1) is 14.5. The fourth-order valence-electron chi connectivity index (χ4n) is 1.32. The minimum atomic E-state index is -0.917. The number of amides is 1. The van der Waals surface area contributed by atoms with Crippen LogP contribution in [-0.4, -0.2) is 29.3 Å². The van der Waals surface area contributed by atoms with Crippen molar-refractivity contribution in [2.75, 3.05) is 6.54 Å². The molecule has 1 aromatic carbocycles. The molecule has 100 valence electrons. The van der Waals surface area contributed by atoms with E-state index in [-0.39, 0.29) is 12.5 Å². The third-order valence-electron chi connectivity index (χ3n) is 2.40. The molecule has 0 aliphatic rings. The van der Waals surface area contributed by atoms with Crippen LogP contribution in [-0.2, 0) is 4.79 Å². The number of carbonyl (C=O) groups is 1. The van der Waals surface area contributed by atoms with Gasteiger partial charge in [0, 0.05) is 6.54 Å². The van der Waals surface area contributed by atoms with E-state index in [1.807, 2.05) is 31.2 Å². The zero-order valence-electron chi connectivity index (χ0n) is 11.4. The third kappa shape index (κ3) is 5.19. The minimum absolute atomic E-state index is 0.202. The summed E-state index contributed by atoms with van der Waals surface area (Å²) >= 11 is 0. The summed E-state index contributed by atoms with van der Waals surface area (Å²) in [5.41, 5.74) is 0.223. The van der Waals surface area contributed by atoms with Crippen LogP contribution in [0.5, 0.6) is 5.75 Å². The molecule has 0 heterocycles. The molecule has 1 amide bonds. The average Bonchev–Trinajstić information content (AvgIpc) is 2.28. The maximum absolute atomic E-state index is 11.7. The predicted molar refractivity (Wildman–Crippen MR) is 70.6 cm³/mol. The zero-order valence-corrected chi connectivity index (χ0v) is 11.4. The van der Waals surface area contributed by atoms with Gasteiger partial charge < -0.3 is 15.2 Å². The van der Waals surface area contributed by atoms with E-state index in [1.54, 1.807) is 20.8 Å². The minimum Gasteiger partial charge on any atom is -0.481 e. The Kier molecular flexibility index (Phi) is 4.73. The number of carbonyl (C=O) groups excluding carboxylic acids is 1. The highest BCUT2D eigenvalue weighted by atomic mass is 16.5. The number of hydrogen-bond donors (Lipinski definition) is 2. The number of benzene rings is 1. The molecule has 0 aliphatic carbocycles. The zero-order chi connectivity index (χ0) is 13.8. The molecule has 4 nitrogen and oxygen atoms in total. The molecule has 0 aromatic heterocycles. The van der Waals surface area contributed by atoms with E-state index >= 15 is 0 Å². The Labute approximate surface area is 108 Å². The van der Waals surface area contributed by atoms with Gasteiger partial charge in [0.05, 0.1) is 5.60 Å². The quantitative estimate of drug-likeness (QED) is 0.836. The SMILES string of the molecule is Cc1ccc(OC(C)C(=O)NCC(C)(C)O)cc1. The smallest absolute Gasteiger partial charge is 0.260 e. The monoisotopic (exact) mass is 251 g/mol. The van der Waals surface area contributed by atoms with E-state index in [1.165, 1.54) is 0 Å². The van der Waals surface area contributed by atoms with E-state index in [0.29, 0.717) is 5.75 Å². The molecule has 0 fully saturated rings. The van der Waals surface area contributed by atoms with Gasteiger partial charge >= 0.3 is 0 Å². The van der Waals surface area contributed by atoms with E-state index in [2.05, 4.69) is 5.32 Å². The van der Waals surface area contributed by atoms with Gasteiger partial charge in [-0.15, -0.1) is 0 Å². The summed E-state index contributed by atoms with van der Waals surface area (Å²) in [7, 11) is 0. The molecule has 0 spiro atoms. The topological polar surface area (TPSA) is 58.6 Å². The lowest BCUT2D eigenvalue weighted by molar-refractivity contribution is -0.128. The molecule has 4 heteroatoms. The first-order chi connectivity index (χ1) is 8.28. The summed E-state index contributed by atoms with van der Waals surface area (Å²) in [5, 5.41) is 12.2. The van der Waals surface area contributed by atoms with Gasteiger partial charge in [-0.1, -0.05) is 17.7 Å². The lowest BCUT2D eigenvalue weighted by atomic mass is 10.1. The fourth-order valence-corrected chi connectivity index (χ4v) is 1.32. The van der Waals surface area contributed by atoms with Crippen LogP contribution in [0.2, 0.25) is 0 Å². The number of aliphatic hydroxyl groups is 1. The van der Waals surface area contributed by atoms with Gasteiger partial charge in [0.1, 0.15) is 5.75 Å². The molecule has 0 aliphatic heterocycles. The van der Waals surface area contributed by atoms with Crippen LogP contribution in [0.25, 0.3) is 0 Å². The van der Waals surface area contributed by atoms with Crippen LogP contribution in [0.3, 0.4) is 0 Å². The predicted octanol–water partition coefficient (Wildman–Crippen LogP) is 1.65. The van der Waals surface area contributed by atoms with Crippen molar-refractivity contribution >= 4 is 5.91 Å². The molecule has 1 unspecified atom stereocenters. The van der Waals surface area contributed by atoms with E-state index in [9.17, 15) is 9.90 Å². The number of nitrogens with one attached hydrogen (secondary N) is 1. The van der Waals surface area contributed by atoms with Gasteiger partial charge in [0.15, 0.2) is 6.10 Å². The molecular formula is C14H21NO3. The second kappa shape index (κ2) is 5.87. The fraction of sp³-hybridized carbons (Fsp3) is 0.500. The number of ether oxygens (including phenoxy) is 1. The van der Waals surface area contributed by atoms with Gasteiger partial charge in [-0.2, -0.15) is 0 Å². The standard InChI is InChI=1S/C14H21NO3/c1-10-5-7-12(8-6-10)18-11(2)13(16)15-9-14(3,4)17/h5-8,11,17H,9H2,1-4H3,(H,15,16). The Morgan fingerprint density at radius 3 is 2.44 bits per heavy atom. The summed E-state index contributed by atoms with van der Waals surface area (Å²) in [4.78, 5) is 11.7. The van der Waals surface area contributed by atoms with Crippen molar-refractivity contribution in [3.8, 4) is 5.75 Å². The van der Waals surface area contributed by atoms with Crippen molar-refractivity contribution < 1.29 is 14.6 Å². The normalized spacial score (nSPS) is 12.9. The number of rotatable bonds is 5. The largest absolute Gasteiger partial charge is 0.481 e. The van der Waals surface area contributed by atoms with Gasteiger partial charge in [0.2, 0.25) is 0 Å². The summed E-state index contributed by atoms with van der Waals surface area (Å²) in [6, 6.07) is 7.51. The second-order valence-electron chi connectivity index (χ2n) is 5.10. The summed E-state index contributed by atoms with van der Waals surface area (Å²) < 4.78 is 5.50.